The van der Waals surface area contributed by atoms with Gasteiger partial charge in [0.25, 0.3) is 5.91 Å². The van der Waals surface area contributed by atoms with E-state index < -0.39 is 5.91 Å². The van der Waals surface area contributed by atoms with Crippen LogP contribution in [0.15, 0.2) is 46.9 Å². The lowest BCUT2D eigenvalue weighted by Gasteiger charge is -2.08. The first-order valence-electron chi connectivity index (χ1n) is 5.92. The number of halogens is 1. The van der Waals surface area contributed by atoms with Crippen LogP contribution in [0.2, 0.25) is 0 Å². The molecule has 2 rings (SSSR count). The van der Waals surface area contributed by atoms with Gasteiger partial charge in [0.15, 0.2) is 0 Å². The first-order chi connectivity index (χ1) is 10.0. The first-order valence-corrected chi connectivity index (χ1v) is 6.71. The molecule has 104 valence electrons. The Kier molecular flexibility index (Phi) is 4.36. The summed E-state index contributed by atoms with van der Waals surface area (Å²) in [7, 11) is 0. The average Bonchev–Trinajstić information content (AvgIpc) is 2.49. The summed E-state index contributed by atoms with van der Waals surface area (Å²) in [5.41, 5.74) is 6.96. The minimum atomic E-state index is -0.541. The van der Waals surface area contributed by atoms with Crippen LogP contribution in [0.3, 0.4) is 0 Å². The van der Waals surface area contributed by atoms with E-state index in [1.54, 1.807) is 30.3 Å². The fourth-order valence-corrected chi connectivity index (χ4v) is 2.14. The second-order valence-corrected chi connectivity index (χ2v) is 5.06. The number of rotatable bonds is 3. The molecule has 0 atom stereocenters. The van der Waals surface area contributed by atoms with Crippen LogP contribution in [0.4, 0.5) is 5.69 Å². The number of hydrogen-bond acceptors (Lipinski definition) is 3. The second-order valence-electron chi connectivity index (χ2n) is 4.20. The Morgan fingerprint density at radius 1 is 1.10 bits per heavy atom. The number of carbonyl (C=O) groups is 2. The highest BCUT2D eigenvalue weighted by Crippen LogP contribution is 2.24. The Morgan fingerprint density at radius 2 is 1.71 bits per heavy atom. The minimum absolute atomic E-state index is 0.313. The zero-order valence-corrected chi connectivity index (χ0v) is 12.3. The Hall–Kier alpha value is -2.65. The van der Waals surface area contributed by atoms with Gasteiger partial charge in [-0.25, -0.2) is 0 Å². The summed E-state index contributed by atoms with van der Waals surface area (Å²) in [6, 6.07) is 12.9. The second kappa shape index (κ2) is 6.20. The molecular weight excluding hydrogens is 334 g/mol. The summed E-state index contributed by atoms with van der Waals surface area (Å²) < 4.78 is 0.556. The highest BCUT2D eigenvalue weighted by Gasteiger charge is 2.10. The standard InChI is InChI=1S/C15H10BrN3O2/c16-12-7-11(14(18)20)5-6-13(12)19-15(21)10-3-1-9(8-17)2-4-10/h1-7H,(H2,18,20)(H,19,21). The molecule has 0 radical (unpaired) electrons. The lowest BCUT2D eigenvalue weighted by atomic mass is 10.1. The fraction of sp³-hybridized carbons (Fsp3) is 0. The highest BCUT2D eigenvalue weighted by molar-refractivity contribution is 9.10. The average molecular weight is 344 g/mol. The van der Waals surface area contributed by atoms with Crippen molar-refractivity contribution in [3.8, 4) is 6.07 Å². The molecule has 0 aromatic heterocycles. The predicted molar refractivity (Wildman–Crippen MR) is 81.8 cm³/mol. The Balaban J connectivity index is 2.19. The maximum atomic E-state index is 12.1. The van der Waals surface area contributed by atoms with Crippen LogP contribution in [0, 0.1) is 11.3 Å². The van der Waals surface area contributed by atoms with Gasteiger partial charge in [-0.3, -0.25) is 9.59 Å². The van der Waals surface area contributed by atoms with Crippen LogP contribution < -0.4 is 11.1 Å². The molecule has 0 saturated carbocycles. The van der Waals surface area contributed by atoms with Crippen LogP contribution in [-0.4, -0.2) is 11.8 Å². The molecule has 0 aliphatic heterocycles. The normalized spacial score (nSPS) is 9.71. The largest absolute Gasteiger partial charge is 0.366 e. The van der Waals surface area contributed by atoms with Crippen LogP contribution in [0.1, 0.15) is 26.3 Å². The van der Waals surface area contributed by atoms with Crippen molar-refractivity contribution in [3.05, 3.63) is 63.6 Å². The van der Waals surface area contributed by atoms with Crippen LogP contribution in [-0.2, 0) is 0 Å². The van der Waals surface area contributed by atoms with Crippen molar-refractivity contribution in [3.63, 3.8) is 0 Å². The third kappa shape index (κ3) is 3.46. The summed E-state index contributed by atoms with van der Waals surface area (Å²) >= 11 is 3.27. The van der Waals surface area contributed by atoms with Gasteiger partial charge in [0.1, 0.15) is 0 Å². The monoisotopic (exact) mass is 343 g/mol. The smallest absolute Gasteiger partial charge is 0.255 e. The van der Waals surface area contributed by atoms with E-state index in [0.29, 0.717) is 26.9 Å². The quantitative estimate of drug-likeness (QED) is 0.896. The van der Waals surface area contributed by atoms with E-state index in [2.05, 4.69) is 21.2 Å². The highest BCUT2D eigenvalue weighted by atomic mass is 79.9. The molecule has 0 aliphatic rings. The lowest BCUT2D eigenvalue weighted by Crippen LogP contribution is -2.14. The summed E-state index contributed by atoms with van der Waals surface area (Å²) in [5, 5.41) is 11.4. The lowest BCUT2D eigenvalue weighted by molar-refractivity contribution is 0.0998. The molecule has 0 bridgehead atoms. The minimum Gasteiger partial charge on any atom is -0.366 e. The maximum Gasteiger partial charge on any atom is 0.255 e. The molecule has 6 heteroatoms. The number of hydrogen-bond donors (Lipinski definition) is 2. The van der Waals surface area contributed by atoms with E-state index in [-0.39, 0.29) is 5.91 Å². The van der Waals surface area contributed by atoms with Crippen molar-refractivity contribution in [2.75, 3.05) is 5.32 Å². The summed E-state index contributed by atoms with van der Waals surface area (Å²) in [6.07, 6.45) is 0. The van der Waals surface area contributed by atoms with Crippen molar-refractivity contribution >= 4 is 33.4 Å². The molecule has 3 N–H and O–H groups in total. The van der Waals surface area contributed by atoms with E-state index in [4.69, 9.17) is 11.0 Å². The van der Waals surface area contributed by atoms with Gasteiger partial charge in [-0.2, -0.15) is 5.26 Å². The summed E-state index contributed by atoms with van der Waals surface area (Å²) in [5.74, 6) is -0.854. The van der Waals surface area contributed by atoms with Gasteiger partial charge >= 0.3 is 0 Å². The first kappa shape index (κ1) is 14.8. The zero-order chi connectivity index (χ0) is 15.4. The van der Waals surface area contributed by atoms with Gasteiger partial charge in [-0.15, -0.1) is 0 Å². The number of primary amides is 1. The molecule has 0 aliphatic carbocycles. The van der Waals surface area contributed by atoms with Crippen molar-refractivity contribution in [1.82, 2.24) is 0 Å². The van der Waals surface area contributed by atoms with Crippen LogP contribution >= 0.6 is 15.9 Å². The van der Waals surface area contributed by atoms with Gasteiger partial charge in [0.2, 0.25) is 5.91 Å². The SMILES string of the molecule is N#Cc1ccc(C(=O)Nc2ccc(C(N)=O)cc2Br)cc1. The number of anilines is 1. The molecule has 2 aromatic carbocycles. The van der Waals surface area contributed by atoms with Crippen molar-refractivity contribution in [2.24, 2.45) is 5.73 Å². The van der Waals surface area contributed by atoms with E-state index in [1.807, 2.05) is 6.07 Å². The fourth-order valence-electron chi connectivity index (χ4n) is 1.66. The molecule has 0 spiro atoms. The van der Waals surface area contributed by atoms with Crippen LogP contribution in [0.25, 0.3) is 0 Å². The van der Waals surface area contributed by atoms with Gasteiger partial charge in [0.05, 0.1) is 17.3 Å². The number of nitriles is 1. The molecule has 2 aromatic rings. The van der Waals surface area contributed by atoms with Crippen molar-refractivity contribution < 1.29 is 9.59 Å². The van der Waals surface area contributed by atoms with E-state index in [1.165, 1.54) is 12.1 Å². The van der Waals surface area contributed by atoms with E-state index in [0.717, 1.165) is 0 Å². The van der Waals surface area contributed by atoms with Crippen molar-refractivity contribution in [1.29, 1.82) is 5.26 Å². The molecule has 5 nitrogen and oxygen atoms in total. The molecule has 0 fully saturated rings. The third-order valence-corrected chi connectivity index (χ3v) is 3.43. The summed E-state index contributed by atoms with van der Waals surface area (Å²) in [4.78, 5) is 23.1. The zero-order valence-electron chi connectivity index (χ0n) is 10.8. The molecule has 21 heavy (non-hydrogen) atoms. The number of benzene rings is 2. The number of carbonyl (C=O) groups excluding carboxylic acids is 2. The van der Waals surface area contributed by atoms with Gasteiger partial charge in [-0.1, -0.05) is 0 Å². The number of amides is 2. The molecule has 0 saturated heterocycles. The number of nitrogens with zero attached hydrogens (tertiary/aromatic N) is 1. The van der Waals surface area contributed by atoms with E-state index in [9.17, 15) is 9.59 Å². The summed E-state index contributed by atoms with van der Waals surface area (Å²) in [6.45, 7) is 0. The van der Waals surface area contributed by atoms with Gasteiger partial charge in [-0.05, 0) is 58.4 Å². The number of nitrogens with one attached hydrogen (secondary N) is 1. The molecule has 0 unspecified atom stereocenters. The molecule has 0 heterocycles. The Bertz CT molecular complexity index is 749. The Labute approximate surface area is 129 Å². The predicted octanol–water partition coefficient (Wildman–Crippen LogP) is 2.67. The van der Waals surface area contributed by atoms with E-state index >= 15 is 0 Å². The van der Waals surface area contributed by atoms with Gasteiger partial charge in [0, 0.05) is 15.6 Å². The van der Waals surface area contributed by atoms with Crippen LogP contribution in [0.5, 0.6) is 0 Å². The maximum absolute atomic E-state index is 12.1. The topological polar surface area (TPSA) is 96.0 Å². The molecule has 2 amide bonds. The van der Waals surface area contributed by atoms with Crippen molar-refractivity contribution in [2.45, 2.75) is 0 Å². The molecular formula is C15H10BrN3O2. The Morgan fingerprint density at radius 3 is 2.24 bits per heavy atom. The third-order valence-electron chi connectivity index (χ3n) is 2.78. The van der Waals surface area contributed by atoms with Gasteiger partial charge < -0.3 is 11.1 Å². The number of nitrogens with two attached hydrogens (primary N) is 1.